The SMILES string of the molecule is N#Cc1ncnc2sc(CC(F)(F)F)cc12. The van der Waals surface area contributed by atoms with Gasteiger partial charge in [0, 0.05) is 10.3 Å². The number of thiophene rings is 1. The van der Waals surface area contributed by atoms with Gasteiger partial charge in [-0.1, -0.05) is 0 Å². The molecule has 16 heavy (non-hydrogen) atoms. The number of nitrogens with zero attached hydrogens (tertiary/aromatic N) is 3. The molecule has 82 valence electrons. The lowest BCUT2D eigenvalue weighted by atomic mass is 10.2. The van der Waals surface area contributed by atoms with E-state index in [0.717, 1.165) is 11.3 Å². The van der Waals surface area contributed by atoms with Crippen LogP contribution in [-0.4, -0.2) is 16.1 Å². The molecule has 0 aromatic carbocycles. The molecular formula is C9H4F3N3S. The summed E-state index contributed by atoms with van der Waals surface area (Å²) in [5, 5.41) is 9.10. The molecule has 2 aromatic heterocycles. The molecule has 0 bridgehead atoms. The minimum absolute atomic E-state index is 0.106. The fourth-order valence-electron chi connectivity index (χ4n) is 1.28. The van der Waals surface area contributed by atoms with Crippen LogP contribution >= 0.6 is 11.3 Å². The van der Waals surface area contributed by atoms with E-state index >= 15 is 0 Å². The average molecular weight is 243 g/mol. The van der Waals surface area contributed by atoms with Gasteiger partial charge in [0.05, 0.1) is 6.42 Å². The van der Waals surface area contributed by atoms with Gasteiger partial charge in [-0.15, -0.1) is 11.3 Å². The Morgan fingerprint density at radius 1 is 1.38 bits per heavy atom. The summed E-state index contributed by atoms with van der Waals surface area (Å²) in [5.74, 6) is 0. The molecule has 0 unspecified atom stereocenters. The number of fused-ring (bicyclic) bond motifs is 1. The summed E-state index contributed by atoms with van der Waals surface area (Å²) in [4.78, 5) is 8.06. The van der Waals surface area contributed by atoms with Crippen molar-refractivity contribution in [3.8, 4) is 6.07 Å². The highest BCUT2D eigenvalue weighted by atomic mass is 32.1. The maximum absolute atomic E-state index is 12.2. The summed E-state index contributed by atoms with van der Waals surface area (Å²) < 4.78 is 36.5. The molecule has 0 saturated carbocycles. The van der Waals surface area contributed by atoms with Crippen LogP contribution in [0.15, 0.2) is 12.4 Å². The van der Waals surface area contributed by atoms with Gasteiger partial charge in [-0.3, -0.25) is 0 Å². The van der Waals surface area contributed by atoms with Crippen molar-refractivity contribution in [3.05, 3.63) is 23.0 Å². The van der Waals surface area contributed by atoms with Crippen molar-refractivity contribution in [1.82, 2.24) is 9.97 Å². The molecule has 0 aliphatic rings. The molecule has 2 heterocycles. The molecule has 0 atom stereocenters. The highest BCUT2D eigenvalue weighted by Gasteiger charge is 2.28. The predicted molar refractivity (Wildman–Crippen MR) is 51.9 cm³/mol. The van der Waals surface area contributed by atoms with Gasteiger partial charge in [-0.2, -0.15) is 18.4 Å². The van der Waals surface area contributed by atoms with Gasteiger partial charge in [0.2, 0.25) is 0 Å². The van der Waals surface area contributed by atoms with E-state index in [1.165, 1.54) is 12.4 Å². The summed E-state index contributed by atoms with van der Waals surface area (Å²) in [7, 11) is 0. The van der Waals surface area contributed by atoms with Crippen molar-refractivity contribution in [3.63, 3.8) is 0 Å². The first-order chi connectivity index (χ1) is 7.49. The van der Waals surface area contributed by atoms with E-state index in [4.69, 9.17) is 5.26 Å². The minimum Gasteiger partial charge on any atom is -0.225 e. The topological polar surface area (TPSA) is 49.6 Å². The second-order valence-corrected chi connectivity index (χ2v) is 4.17. The van der Waals surface area contributed by atoms with Gasteiger partial charge in [0.25, 0.3) is 0 Å². The Kier molecular flexibility index (Phi) is 2.52. The first-order valence-corrected chi connectivity index (χ1v) is 5.01. The van der Waals surface area contributed by atoms with Crippen LogP contribution < -0.4 is 0 Å². The third kappa shape index (κ3) is 2.12. The lowest BCUT2D eigenvalue weighted by molar-refractivity contribution is -0.126. The number of halogens is 3. The summed E-state index contributed by atoms with van der Waals surface area (Å²) in [6.07, 6.45) is -4.07. The molecular weight excluding hydrogens is 239 g/mol. The van der Waals surface area contributed by atoms with Gasteiger partial charge in [0.15, 0.2) is 5.69 Å². The number of aromatic nitrogens is 2. The van der Waals surface area contributed by atoms with Crippen LogP contribution in [0.3, 0.4) is 0 Å². The van der Waals surface area contributed by atoms with E-state index in [1.807, 2.05) is 6.07 Å². The second-order valence-electron chi connectivity index (χ2n) is 3.06. The maximum Gasteiger partial charge on any atom is 0.393 e. The molecule has 0 fully saturated rings. The van der Waals surface area contributed by atoms with Crippen molar-refractivity contribution in [1.29, 1.82) is 5.26 Å². The summed E-state index contributed by atoms with van der Waals surface area (Å²) >= 11 is 0.931. The first-order valence-electron chi connectivity index (χ1n) is 4.20. The van der Waals surface area contributed by atoms with Crippen LogP contribution in [0.1, 0.15) is 10.6 Å². The fraction of sp³-hybridized carbons (Fsp3) is 0.222. The van der Waals surface area contributed by atoms with Crippen LogP contribution in [0.5, 0.6) is 0 Å². The zero-order chi connectivity index (χ0) is 11.8. The normalized spacial score (nSPS) is 11.6. The Balaban J connectivity index is 2.49. The van der Waals surface area contributed by atoms with E-state index in [-0.39, 0.29) is 10.6 Å². The molecule has 0 aliphatic heterocycles. The van der Waals surface area contributed by atoms with Crippen molar-refractivity contribution < 1.29 is 13.2 Å². The third-order valence-corrected chi connectivity index (χ3v) is 2.90. The summed E-state index contributed by atoms with van der Waals surface area (Å²) in [6.45, 7) is 0. The molecule has 0 amide bonds. The number of rotatable bonds is 1. The molecule has 3 nitrogen and oxygen atoms in total. The molecule has 0 aliphatic carbocycles. The van der Waals surface area contributed by atoms with Gasteiger partial charge >= 0.3 is 6.18 Å². The zero-order valence-corrected chi connectivity index (χ0v) is 8.56. The van der Waals surface area contributed by atoms with Crippen LogP contribution in [0.25, 0.3) is 10.2 Å². The number of alkyl halides is 3. The van der Waals surface area contributed by atoms with Crippen LogP contribution in [-0.2, 0) is 6.42 Å². The molecule has 0 spiro atoms. The maximum atomic E-state index is 12.2. The van der Waals surface area contributed by atoms with Crippen LogP contribution in [0, 0.1) is 11.3 Å². The Bertz CT molecular complexity index is 567. The Labute approximate surface area is 92.2 Å². The van der Waals surface area contributed by atoms with Gasteiger partial charge < -0.3 is 0 Å². The molecule has 0 radical (unpaired) electrons. The standard InChI is InChI=1S/C9H4F3N3S/c10-9(11,12)2-5-1-6-7(3-13)14-4-15-8(6)16-5/h1,4H,2H2. The minimum atomic E-state index is -4.25. The highest BCUT2D eigenvalue weighted by Crippen LogP contribution is 2.30. The van der Waals surface area contributed by atoms with Gasteiger partial charge in [-0.25, -0.2) is 9.97 Å². The van der Waals surface area contributed by atoms with Crippen molar-refractivity contribution in [2.24, 2.45) is 0 Å². The molecule has 2 aromatic rings. The lowest BCUT2D eigenvalue weighted by Gasteiger charge is -2.01. The quantitative estimate of drug-likeness (QED) is 0.773. The molecule has 0 saturated heterocycles. The smallest absolute Gasteiger partial charge is 0.225 e. The fourth-order valence-corrected chi connectivity index (χ4v) is 2.31. The zero-order valence-electron chi connectivity index (χ0n) is 7.75. The van der Waals surface area contributed by atoms with Gasteiger partial charge in [-0.05, 0) is 6.07 Å². The van der Waals surface area contributed by atoms with Crippen LogP contribution in [0.4, 0.5) is 13.2 Å². The first kappa shape index (κ1) is 10.8. The Morgan fingerprint density at radius 2 is 2.12 bits per heavy atom. The predicted octanol–water partition coefficient (Wildman–Crippen LogP) is 2.67. The Hall–Kier alpha value is -1.68. The molecule has 0 N–H and O–H groups in total. The van der Waals surface area contributed by atoms with Gasteiger partial charge in [0.1, 0.15) is 17.2 Å². The number of hydrogen-bond acceptors (Lipinski definition) is 4. The number of nitriles is 1. The van der Waals surface area contributed by atoms with E-state index in [0.29, 0.717) is 10.2 Å². The largest absolute Gasteiger partial charge is 0.393 e. The molecule has 7 heteroatoms. The van der Waals surface area contributed by atoms with Crippen molar-refractivity contribution >= 4 is 21.6 Å². The third-order valence-electron chi connectivity index (χ3n) is 1.86. The van der Waals surface area contributed by atoms with Crippen LogP contribution in [0.2, 0.25) is 0 Å². The van der Waals surface area contributed by atoms with E-state index < -0.39 is 12.6 Å². The molecule has 2 rings (SSSR count). The second kappa shape index (κ2) is 3.72. The lowest BCUT2D eigenvalue weighted by Crippen LogP contribution is -2.09. The van der Waals surface area contributed by atoms with Crippen molar-refractivity contribution in [2.75, 3.05) is 0 Å². The van der Waals surface area contributed by atoms with E-state index in [2.05, 4.69) is 9.97 Å². The summed E-state index contributed by atoms with van der Waals surface area (Å²) in [5.41, 5.74) is 0.106. The monoisotopic (exact) mass is 243 g/mol. The summed E-state index contributed by atoms with van der Waals surface area (Å²) in [6, 6.07) is 3.15. The highest BCUT2D eigenvalue weighted by molar-refractivity contribution is 7.18. The average Bonchev–Trinajstić information content (AvgIpc) is 2.56. The Morgan fingerprint density at radius 3 is 2.75 bits per heavy atom. The number of hydrogen-bond donors (Lipinski definition) is 0. The van der Waals surface area contributed by atoms with Crippen molar-refractivity contribution in [2.45, 2.75) is 12.6 Å². The van der Waals surface area contributed by atoms with E-state index in [1.54, 1.807) is 0 Å². The van der Waals surface area contributed by atoms with E-state index in [9.17, 15) is 13.2 Å².